The van der Waals surface area contributed by atoms with Crippen molar-refractivity contribution in [2.24, 2.45) is 0 Å². The molecule has 2 atom stereocenters. The molecule has 1 unspecified atom stereocenters. The van der Waals surface area contributed by atoms with Crippen LogP contribution in [0.15, 0.2) is 48.5 Å². The number of aliphatic hydroxyl groups is 2. The molecule has 0 fully saturated rings. The maximum atomic E-state index is 13.5. The Morgan fingerprint density at radius 3 is 2.19 bits per heavy atom. The van der Waals surface area contributed by atoms with E-state index in [0.29, 0.717) is 29.3 Å². The van der Waals surface area contributed by atoms with Crippen LogP contribution in [0.25, 0.3) is 11.1 Å². The molecule has 200 valence electrons. The van der Waals surface area contributed by atoms with Crippen LogP contribution in [-0.2, 0) is 14.4 Å². The standard InChI is InChI=1S/C24H24F5N3O5/c1-22(37,20(35)30-11-10-23(25,26)24(27,28)29)21(36)31-18-16-8-3-2-6-14(16)15-7-4-5-9-17(15)32(12-13-33)19(18)34/h2-9,18,33,37H,10-13H2,1H3,(H,30,35)(H,31,36)/t18-,22?/m1/s1. The summed E-state index contributed by atoms with van der Waals surface area (Å²) in [5, 5.41) is 24.0. The number of rotatable bonds is 8. The van der Waals surface area contributed by atoms with E-state index >= 15 is 0 Å². The summed E-state index contributed by atoms with van der Waals surface area (Å²) in [5.41, 5.74) is -0.998. The molecule has 3 rings (SSSR count). The number of nitrogens with one attached hydrogen (secondary N) is 2. The highest BCUT2D eigenvalue weighted by molar-refractivity contribution is 6.11. The molecular weight excluding hydrogens is 505 g/mol. The Kier molecular flexibility index (Phi) is 7.89. The van der Waals surface area contributed by atoms with Gasteiger partial charge in [0, 0.05) is 25.1 Å². The number of β-amino-alcohol motifs (C(OH)–C–C–N with tert-alkyl or cyclic N) is 1. The van der Waals surface area contributed by atoms with E-state index in [1.807, 2.05) is 0 Å². The van der Waals surface area contributed by atoms with Crippen molar-refractivity contribution in [1.29, 1.82) is 0 Å². The second-order valence-corrected chi connectivity index (χ2v) is 8.50. The van der Waals surface area contributed by atoms with Crippen LogP contribution in [0.2, 0.25) is 0 Å². The number of carbonyl (C=O) groups excluding carboxylic acids is 3. The molecule has 37 heavy (non-hydrogen) atoms. The van der Waals surface area contributed by atoms with E-state index in [9.17, 15) is 46.5 Å². The topological polar surface area (TPSA) is 119 Å². The quantitative estimate of drug-likeness (QED) is 0.309. The number of hydrogen-bond donors (Lipinski definition) is 4. The Hall–Kier alpha value is -3.58. The highest BCUT2D eigenvalue weighted by atomic mass is 19.4. The Morgan fingerprint density at radius 2 is 1.57 bits per heavy atom. The van der Waals surface area contributed by atoms with Gasteiger partial charge in [0.2, 0.25) is 5.60 Å². The third kappa shape index (κ3) is 5.57. The molecule has 1 heterocycles. The monoisotopic (exact) mass is 529 g/mol. The molecule has 0 aliphatic carbocycles. The predicted octanol–water partition coefficient (Wildman–Crippen LogP) is 2.30. The zero-order valence-electron chi connectivity index (χ0n) is 19.5. The Morgan fingerprint density at radius 1 is 0.973 bits per heavy atom. The SMILES string of the molecule is CC(O)(C(=O)NCCC(F)(F)C(F)(F)F)C(=O)N[C@H]1C(=O)N(CCO)c2ccccc2-c2ccccc21. The zero-order chi connectivity index (χ0) is 27.6. The molecular formula is C24H24F5N3O5. The van der Waals surface area contributed by atoms with Crippen LogP contribution in [0.1, 0.15) is 24.9 Å². The fourth-order valence-corrected chi connectivity index (χ4v) is 3.83. The third-order valence-corrected chi connectivity index (χ3v) is 5.89. The maximum Gasteiger partial charge on any atom is 0.453 e. The summed E-state index contributed by atoms with van der Waals surface area (Å²) in [7, 11) is 0. The van der Waals surface area contributed by atoms with Crippen molar-refractivity contribution in [1.82, 2.24) is 10.6 Å². The second kappa shape index (κ2) is 10.4. The number of nitrogens with zero attached hydrogens (tertiary/aromatic N) is 1. The normalized spacial score (nSPS) is 17.2. The van der Waals surface area contributed by atoms with Crippen molar-refractivity contribution in [3.05, 3.63) is 54.1 Å². The van der Waals surface area contributed by atoms with Crippen LogP contribution >= 0.6 is 0 Å². The summed E-state index contributed by atoms with van der Waals surface area (Å²) in [6.45, 7) is -1.02. The Labute approximate surface area is 208 Å². The molecule has 0 saturated carbocycles. The fourth-order valence-electron chi connectivity index (χ4n) is 3.83. The van der Waals surface area contributed by atoms with E-state index in [1.54, 1.807) is 53.8 Å². The first-order valence-electron chi connectivity index (χ1n) is 11.1. The van der Waals surface area contributed by atoms with Gasteiger partial charge in [-0.3, -0.25) is 14.4 Å². The van der Waals surface area contributed by atoms with E-state index in [2.05, 4.69) is 5.32 Å². The molecule has 8 nitrogen and oxygen atoms in total. The van der Waals surface area contributed by atoms with Crippen LogP contribution in [0.3, 0.4) is 0 Å². The summed E-state index contributed by atoms with van der Waals surface area (Å²) < 4.78 is 63.2. The largest absolute Gasteiger partial charge is 0.453 e. The molecule has 0 aromatic heterocycles. The van der Waals surface area contributed by atoms with Crippen LogP contribution in [0, 0.1) is 0 Å². The minimum Gasteiger partial charge on any atom is -0.395 e. The number of halogens is 5. The van der Waals surface area contributed by atoms with Gasteiger partial charge >= 0.3 is 12.1 Å². The number of carbonyl (C=O) groups is 3. The lowest BCUT2D eigenvalue weighted by molar-refractivity contribution is -0.283. The first-order chi connectivity index (χ1) is 17.2. The first-order valence-corrected chi connectivity index (χ1v) is 11.1. The van der Waals surface area contributed by atoms with Crippen molar-refractivity contribution >= 4 is 23.4 Å². The number of fused-ring (bicyclic) bond motifs is 3. The molecule has 1 aliphatic rings. The van der Waals surface area contributed by atoms with Gasteiger partial charge in [0.1, 0.15) is 6.04 Å². The zero-order valence-corrected chi connectivity index (χ0v) is 19.5. The summed E-state index contributed by atoms with van der Waals surface area (Å²) >= 11 is 0. The van der Waals surface area contributed by atoms with Gasteiger partial charge in [-0.25, -0.2) is 0 Å². The van der Waals surface area contributed by atoms with Gasteiger partial charge < -0.3 is 25.7 Å². The van der Waals surface area contributed by atoms with Crippen molar-refractivity contribution in [2.75, 3.05) is 24.6 Å². The van der Waals surface area contributed by atoms with Crippen molar-refractivity contribution < 1.29 is 46.5 Å². The lowest BCUT2D eigenvalue weighted by Gasteiger charge is -2.28. The average molecular weight is 529 g/mol. The minimum atomic E-state index is -5.83. The van der Waals surface area contributed by atoms with Gasteiger partial charge in [-0.1, -0.05) is 42.5 Å². The molecule has 0 spiro atoms. The maximum absolute atomic E-state index is 13.5. The van der Waals surface area contributed by atoms with E-state index in [1.165, 1.54) is 4.90 Å². The number of aliphatic hydroxyl groups excluding tert-OH is 1. The molecule has 2 aromatic carbocycles. The van der Waals surface area contributed by atoms with Gasteiger partial charge in [0.15, 0.2) is 0 Å². The Bertz CT molecular complexity index is 1190. The molecule has 0 radical (unpaired) electrons. The summed E-state index contributed by atoms with van der Waals surface area (Å²) in [4.78, 5) is 40.0. The van der Waals surface area contributed by atoms with E-state index in [0.717, 1.165) is 0 Å². The number of benzene rings is 2. The van der Waals surface area contributed by atoms with Crippen LogP contribution < -0.4 is 15.5 Å². The fraction of sp³-hybridized carbons (Fsp3) is 0.375. The van der Waals surface area contributed by atoms with Gasteiger partial charge in [-0.05, 0) is 24.1 Å². The van der Waals surface area contributed by atoms with Gasteiger partial charge in [-0.15, -0.1) is 0 Å². The van der Waals surface area contributed by atoms with Crippen molar-refractivity contribution in [2.45, 2.75) is 37.1 Å². The van der Waals surface area contributed by atoms with Gasteiger partial charge in [0.25, 0.3) is 17.7 Å². The molecule has 2 aromatic rings. The van der Waals surface area contributed by atoms with E-state index in [-0.39, 0.29) is 6.54 Å². The molecule has 3 amide bonds. The lowest BCUT2D eigenvalue weighted by atomic mass is 9.94. The predicted molar refractivity (Wildman–Crippen MR) is 121 cm³/mol. The third-order valence-electron chi connectivity index (χ3n) is 5.89. The van der Waals surface area contributed by atoms with E-state index < -0.39 is 61.0 Å². The number of alkyl halides is 5. The molecule has 0 bridgehead atoms. The van der Waals surface area contributed by atoms with Crippen LogP contribution in [-0.4, -0.2) is 65.3 Å². The van der Waals surface area contributed by atoms with Gasteiger partial charge in [0.05, 0.1) is 12.3 Å². The smallest absolute Gasteiger partial charge is 0.395 e. The Balaban J connectivity index is 1.85. The highest BCUT2D eigenvalue weighted by Crippen LogP contribution is 2.40. The molecule has 13 heteroatoms. The summed E-state index contributed by atoms with van der Waals surface area (Å²) in [6.07, 6.45) is -7.63. The van der Waals surface area contributed by atoms with Crippen LogP contribution in [0.5, 0.6) is 0 Å². The van der Waals surface area contributed by atoms with Crippen molar-refractivity contribution in [3.8, 4) is 11.1 Å². The number of para-hydroxylation sites is 1. The lowest BCUT2D eigenvalue weighted by Crippen LogP contribution is -2.57. The van der Waals surface area contributed by atoms with E-state index in [4.69, 9.17) is 0 Å². The number of anilines is 1. The average Bonchev–Trinajstić information content (AvgIpc) is 2.93. The molecule has 1 aliphatic heterocycles. The molecule has 0 saturated heterocycles. The molecule has 4 N–H and O–H groups in total. The highest BCUT2D eigenvalue weighted by Gasteiger charge is 2.56. The number of amides is 3. The first kappa shape index (κ1) is 28.0. The second-order valence-electron chi connectivity index (χ2n) is 8.50. The summed E-state index contributed by atoms with van der Waals surface area (Å²) in [5.74, 6) is -8.71. The van der Waals surface area contributed by atoms with Gasteiger partial charge in [-0.2, -0.15) is 22.0 Å². The summed E-state index contributed by atoms with van der Waals surface area (Å²) in [6, 6.07) is 11.9. The van der Waals surface area contributed by atoms with Crippen molar-refractivity contribution in [3.63, 3.8) is 0 Å². The minimum absolute atomic E-state index is 0.138. The number of hydrogen-bond acceptors (Lipinski definition) is 5. The van der Waals surface area contributed by atoms with Crippen LogP contribution in [0.4, 0.5) is 27.6 Å².